The first-order chi connectivity index (χ1) is 8.86. The number of aliphatic hydroxyl groups is 1. The van der Waals surface area contributed by atoms with Crippen molar-refractivity contribution in [3.63, 3.8) is 0 Å². The molecule has 0 heterocycles. The molecule has 0 aromatic carbocycles. The smallest absolute Gasteiger partial charge is 0.302 e. The normalized spacial score (nSPS) is 16.1. The number of hydrogen-bond donors (Lipinski definition) is 1. The second kappa shape index (κ2) is 9.79. The van der Waals surface area contributed by atoms with E-state index in [-0.39, 0.29) is 18.5 Å². The van der Waals surface area contributed by atoms with E-state index in [4.69, 9.17) is 4.74 Å². The fourth-order valence-corrected chi connectivity index (χ4v) is 1.88. The molecule has 0 bridgehead atoms. The van der Waals surface area contributed by atoms with Crippen LogP contribution in [0.4, 0.5) is 0 Å². The predicted octanol–water partition coefficient (Wildman–Crippen LogP) is 3.49. The van der Waals surface area contributed by atoms with Crippen LogP contribution in [0, 0.1) is 11.8 Å². The summed E-state index contributed by atoms with van der Waals surface area (Å²) >= 11 is 0. The Balaban J connectivity index is 4.08. The Morgan fingerprint density at radius 1 is 1.37 bits per heavy atom. The number of hydrogen-bond acceptors (Lipinski definition) is 3. The Kier molecular flexibility index (Phi) is 9.23. The SMILES string of the molecule is C=C(COC(C)=O)C[C@H](C)[C@@H](O)C=C[C@@H](C)CCC. The van der Waals surface area contributed by atoms with Crippen molar-refractivity contribution < 1.29 is 14.6 Å². The van der Waals surface area contributed by atoms with Gasteiger partial charge in [0, 0.05) is 6.92 Å². The van der Waals surface area contributed by atoms with Gasteiger partial charge >= 0.3 is 5.97 Å². The molecule has 3 nitrogen and oxygen atoms in total. The number of rotatable bonds is 9. The van der Waals surface area contributed by atoms with Gasteiger partial charge in [-0.15, -0.1) is 0 Å². The Hall–Kier alpha value is -1.09. The Labute approximate surface area is 117 Å². The minimum atomic E-state index is -0.478. The summed E-state index contributed by atoms with van der Waals surface area (Å²) in [5, 5.41) is 10.0. The molecule has 0 aromatic heterocycles. The van der Waals surface area contributed by atoms with Crippen molar-refractivity contribution in [3.8, 4) is 0 Å². The van der Waals surface area contributed by atoms with Crippen molar-refractivity contribution in [2.75, 3.05) is 6.61 Å². The molecule has 0 saturated carbocycles. The molecule has 0 aliphatic carbocycles. The molecule has 3 heteroatoms. The van der Waals surface area contributed by atoms with E-state index in [2.05, 4.69) is 26.5 Å². The van der Waals surface area contributed by atoms with Crippen LogP contribution in [-0.4, -0.2) is 23.8 Å². The van der Waals surface area contributed by atoms with Crippen LogP contribution in [0.1, 0.15) is 47.0 Å². The van der Waals surface area contributed by atoms with Gasteiger partial charge in [0.2, 0.25) is 0 Å². The van der Waals surface area contributed by atoms with Gasteiger partial charge in [-0.2, -0.15) is 0 Å². The Morgan fingerprint density at radius 3 is 2.53 bits per heavy atom. The summed E-state index contributed by atoms with van der Waals surface area (Å²) in [7, 11) is 0. The molecule has 0 aliphatic heterocycles. The monoisotopic (exact) mass is 268 g/mol. The average Bonchev–Trinajstić information content (AvgIpc) is 2.33. The van der Waals surface area contributed by atoms with Crippen molar-refractivity contribution in [1.29, 1.82) is 0 Å². The number of aliphatic hydroxyl groups excluding tert-OH is 1. The number of allylic oxidation sites excluding steroid dienone is 1. The van der Waals surface area contributed by atoms with E-state index in [1.54, 1.807) is 0 Å². The van der Waals surface area contributed by atoms with Gasteiger partial charge in [0.15, 0.2) is 0 Å². The molecule has 0 amide bonds. The van der Waals surface area contributed by atoms with Crippen LogP contribution in [-0.2, 0) is 9.53 Å². The lowest BCUT2D eigenvalue weighted by Gasteiger charge is -2.17. The van der Waals surface area contributed by atoms with Gasteiger partial charge in [0.25, 0.3) is 0 Å². The molecule has 0 fully saturated rings. The first kappa shape index (κ1) is 17.9. The summed E-state index contributed by atoms with van der Waals surface area (Å²) in [5.41, 5.74) is 0.830. The predicted molar refractivity (Wildman–Crippen MR) is 78.8 cm³/mol. The third-order valence-electron chi connectivity index (χ3n) is 3.05. The zero-order valence-electron chi connectivity index (χ0n) is 12.7. The standard InChI is InChI=1S/C16H28O3/c1-6-7-12(2)8-9-16(18)14(4)10-13(3)11-19-15(5)17/h8-9,12,14,16,18H,3,6-7,10-11H2,1-2,4-5H3/t12-,14-,16-/m0/s1. The van der Waals surface area contributed by atoms with Crippen molar-refractivity contribution in [2.45, 2.75) is 53.1 Å². The summed E-state index contributed by atoms with van der Waals surface area (Å²) in [6.45, 7) is 11.8. The number of carbonyl (C=O) groups is 1. The van der Waals surface area contributed by atoms with Crippen LogP contribution in [0.2, 0.25) is 0 Å². The zero-order valence-corrected chi connectivity index (χ0v) is 12.7. The molecule has 0 unspecified atom stereocenters. The summed E-state index contributed by atoms with van der Waals surface area (Å²) in [6, 6.07) is 0. The van der Waals surface area contributed by atoms with Crippen LogP contribution in [0.3, 0.4) is 0 Å². The molecule has 1 N–H and O–H groups in total. The molecule has 0 rings (SSSR count). The summed E-state index contributed by atoms with van der Waals surface area (Å²) < 4.78 is 4.88. The number of carbonyl (C=O) groups excluding carboxylic acids is 1. The highest BCUT2D eigenvalue weighted by Gasteiger charge is 2.13. The molecule has 19 heavy (non-hydrogen) atoms. The second-order valence-corrected chi connectivity index (χ2v) is 5.35. The molecule has 0 saturated heterocycles. The van der Waals surface area contributed by atoms with Crippen molar-refractivity contribution >= 4 is 5.97 Å². The minimum Gasteiger partial charge on any atom is -0.461 e. The quantitative estimate of drug-likeness (QED) is 0.514. The molecule has 0 aromatic rings. The fourth-order valence-electron chi connectivity index (χ4n) is 1.88. The van der Waals surface area contributed by atoms with Gasteiger partial charge in [-0.05, 0) is 30.3 Å². The Bertz CT molecular complexity index is 307. The molecule has 0 aliphatic rings. The highest BCUT2D eigenvalue weighted by molar-refractivity contribution is 5.66. The van der Waals surface area contributed by atoms with Crippen molar-refractivity contribution in [1.82, 2.24) is 0 Å². The van der Waals surface area contributed by atoms with Crippen LogP contribution in [0.5, 0.6) is 0 Å². The van der Waals surface area contributed by atoms with E-state index >= 15 is 0 Å². The summed E-state index contributed by atoms with van der Waals surface area (Å²) in [5.74, 6) is 0.270. The number of ether oxygens (including phenoxy) is 1. The Morgan fingerprint density at radius 2 is 2.00 bits per heavy atom. The lowest BCUT2D eigenvalue weighted by molar-refractivity contribution is -0.140. The largest absolute Gasteiger partial charge is 0.461 e. The maximum atomic E-state index is 10.7. The van der Waals surface area contributed by atoms with E-state index in [1.165, 1.54) is 6.92 Å². The first-order valence-electron chi connectivity index (χ1n) is 7.03. The average molecular weight is 268 g/mol. The van der Waals surface area contributed by atoms with Crippen molar-refractivity contribution in [2.24, 2.45) is 11.8 Å². The lowest BCUT2D eigenvalue weighted by atomic mass is 9.95. The van der Waals surface area contributed by atoms with Gasteiger partial charge in [0.1, 0.15) is 6.61 Å². The molecule has 0 radical (unpaired) electrons. The van der Waals surface area contributed by atoms with E-state index in [0.717, 1.165) is 18.4 Å². The van der Waals surface area contributed by atoms with E-state index < -0.39 is 6.10 Å². The van der Waals surface area contributed by atoms with Gasteiger partial charge in [-0.3, -0.25) is 4.79 Å². The van der Waals surface area contributed by atoms with Crippen molar-refractivity contribution in [3.05, 3.63) is 24.3 Å². The minimum absolute atomic E-state index is 0.0770. The topological polar surface area (TPSA) is 46.5 Å². The second-order valence-electron chi connectivity index (χ2n) is 5.35. The van der Waals surface area contributed by atoms with E-state index in [0.29, 0.717) is 12.3 Å². The van der Waals surface area contributed by atoms with Crippen LogP contribution < -0.4 is 0 Å². The number of esters is 1. The fraction of sp³-hybridized carbons (Fsp3) is 0.688. The summed E-state index contributed by atoms with van der Waals surface area (Å²) in [6.07, 6.45) is 6.39. The maximum absolute atomic E-state index is 10.7. The highest BCUT2D eigenvalue weighted by Crippen LogP contribution is 2.16. The maximum Gasteiger partial charge on any atom is 0.302 e. The first-order valence-corrected chi connectivity index (χ1v) is 7.03. The lowest BCUT2D eigenvalue weighted by Crippen LogP contribution is -2.17. The third-order valence-corrected chi connectivity index (χ3v) is 3.05. The van der Waals surface area contributed by atoms with Gasteiger partial charge < -0.3 is 9.84 Å². The van der Waals surface area contributed by atoms with E-state index in [1.807, 2.05) is 13.0 Å². The zero-order chi connectivity index (χ0) is 14.8. The molecule has 3 atom stereocenters. The van der Waals surface area contributed by atoms with Gasteiger partial charge in [-0.25, -0.2) is 0 Å². The van der Waals surface area contributed by atoms with Crippen LogP contribution in [0.15, 0.2) is 24.3 Å². The molecular weight excluding hydrogens is 240 g/mol. The molecule has 0 spiro atoms. The van der Waals surface area contributed by atoms with Gasteiger partial charge in [-0.1, -0.05) is 45.9 Å². The third kappa shape index (κ3) is 9.48. The van der Waals surface area contributed by atoms with Crippen LogP contribution in [0.25, 0.3) is 0 Å². The highest BCUT2D eigenvalue weighted by atomic mass is 16.5. The van der Waals surface area contributed by atoms with Gasteiger partial charge in [0.05, 0.1) is 6.10 Å². The molecule has 110 valence electrons. The molecular formula is C16H28O3. The summed E-state index contributed by atoms with van der Waals surface area (Å²) in [4.78, 5) is 10.7. The van der Waals surface area contributed by atoms with Crippen LogP contribution >= 0.6 is 0 Å². The van der Waals surface area contributed by atoms with E-state index in [9.17, 15) is 9.90 Å².